The van der Waals surface area contributed by atoms with Crippen LogP contribution in [0.4, 0.5) is 0 Å². The molecule has 0 aromatic carbocycles. The summed E-state index contributed by atoms with van der Waals surface area (Å²) in [5, 5.41) is 17.9. The minimum atomic E-state index is -1.04. The van der Waals surface area contributed by atoms with Gasteiger partial charge in [0.05, 0.1) is 6.10 Å². The molecule has 90 valence electrons. The quantitative estimate of drug-likeness (QED) is 0.521. The summed E-state index contributed by atoms with van der Waals surface area (Å²) in [4.78, 5) is 21.4. The molecule has 2 N–H and O–H groups in total. The van der Waals surface area contributed by atoms with Gasteiger partial charge in [-0.1, -0.05) is 12.7 Å². The summed E-state index contributed by atoms with van der Waals surface area (Å²) in [6.07, 6.45) is 0.598. The van der Waals surface area contributed by atoms with Crippen LogP contribution in [0.2, 0.25) is 0 Å². The normalized spacial score (nSPS) is 13.1. The first-order valence-corrected chi connectivity index (χ1v) is 4.75. The van der Waals surface area contributed by atoms with Gasteiger partial charge in [0.2, 0.25) is 0 Å². The number of hydrogen-bond donors (Lipinski definition) is 2. The van der Waals surface area contributed by atoms with E-state index < -0.39 is 18.0 Å². The average Bonchev–Trinajstić information content (AvgIpc) is 2.21. The van der Waals surface area contributed by atoms with Gasteiger partial charge in [-0.15, -0.1) is 0 Å². The number of carboxylic acids is 1. The molecule has 0 aromatic heterocycles. The first kappa shape index (κ1) is 14.4. The lowest BCUT2D eigenvalue weighted by atomic mass is 10.2. The number of carbonyl (C=O) groups excluding carboxylic acids is 1. The smallest absolute Gasteiger partial charge is 0.333 e. The molecule has 16 heavy (non-hydrogen) atoms. The topological polar surface area (TPSA) is 83.8 Å². The summed E-state index contributed by atoms with van der Waals surface area (Å²) < 4.78 is 4.69. The summed E-state index contributed by atoms with van der Waals surface area (Å²) in [6.45, 7) is 6.14. The Hall–Kier alpha value is -1.62. The van der Waals surface area contributed by atoms with Crippen molar-refractivity contribution in [3.8, 4) is 0 Å². The van der Waals surface area contributed by atoms with Crippen LogP contribution in [0.1, 0.15) is 20.3 Å². The van der Waals surface area contributed by atoms with Gasteiger partial charge in [0, 0.05) is 11.1 Å². The van der Waals surface area contributed by atoms with Gasteiger partial charge in [-0.2, -0.15) is 0 Å². The molecule has 1 unspecified atom stereocenters. The van der Waals surface area contributed by atoms with Crippen LogP contribution >= 0.6 is 0 Å². The second-order valence-corrected chi connectivity index (χ2v) is 3.46. The Morgan fingerprint density at radius 3 is 2.44 bits per heavy atom. The van der Waals surface area contributed by atoms with E-state index in [1.165, 1.54) is 19.9 Å². The molecule has 0 bridgehead atoms. The fourth-order valence-corrected chi connectivity index (χ4v) is 0.763. The van der Waals surface area contributed by atoms with E-state index in [0.717, 1.165) is 0 Å². The van der Waals surface area contributed by atoms with Crippen LogP contribution in [0.15, 0.2) is 23.8 Å². The van der Waals surface area contributed by atoms with Crippen molar-refractivity contribution in [2.45, 2.75) is 26.4 Å². The molecule has 1 atom stereocenters. The maximum absolute atomic E-state index is 11.0. The van der Waals surface area contributed by atoms with Gasteiger partial charge in [-0.05, 0) is 20.3 Å². The number of esters is 1. The summed E-state index contributed by atoms with van der Waals surface area (Å²) in [7, 11) is 0. The van der Waals surface area contributed by atoms with Crippen LogP contribution in [0.25, 0.3) is 0 Å². The Labute approximate surface area is 94.0 Å². The molecule has 0 aliphatic heterocycles. The van der Waals surface area contributed by atoms with Crippen LogP contribution in [0, 0.1) is 0 Å². The van der Waals surface area contributed by atoms with Crippen molar-refractivity contribution >= 4 is 11.9 Å². The minimum absolute atomic E-state index is 0.127. The summed E-state index contributed by atoms with van der Waals surface area (Å²) in [5.74, 6) is -1.61. The van der Waals surface area contributed by atoms with Crippen molar-refractivity contribution in [3.05, 3.63) is 23.8 Å². The molecule has 0 saturated heterocycles. The zero-order valence-corrected chi connectivity index (χ0v) is 9.40. The first-order valence-electron chi connectivity index (χ1n) is 4.75. The SMILES string of the molecule is C=C(C)C(=O)OCC(O)C/C=C(\C)C(=O)O. The predicted molar refractivity (Wildman–Crippen MR) is 57.8 cm³/mol. The Balaban J connectivity index is 3.97. The molecule has 5 nitrogen and oxygen atoms in total. The lowest BCUT2D eigenvalue weighted by Crippen LogP contribution is -2.18. The summed E-state index contributed by atoms with van der Waals surface area (Å²) >= 11 is 0. The maximum atomic E-state index is 11.0. The van der Waals surface area contributed by atoms with Crippen molar-refractivity contribution in [2.75, 3.05) is 6.61 Å². The zero-order valence-electron chi connectivity index (χ0n) is 9.40. The van der Waals surface area contributed by atoms with Crippen LogP contribution in [0.3, 0.4) is 0 Å². The van der Waals surface area contributed by atoms with Crippen LogP contribution in [0.5, 0.6) is 0 Å². The van der Waals surface area contributed by atoms with Gasteiger partial charge < -0.3 is 14.9 Å². The Kier molecular flexibility index (Phi) is 6.10. The number of ether oxygens (including phenoxy) is 1. The average molecular weight is 228 g/mol. The third kappa shape index (κ3) is 5.98. The van der Waals surface area contributed by atoms with Crippen molar-refractivity contribution in [1.82, 2.24) is 0 Å². The van der Waals surface area contributed by atoms with E-state index in [4.69, 9.17) is 9.84 Å². The van der Waals surface area contributed by atoms with Crippen LogP contribution < -0.4 is 0 Å². The van der Waals surface area contributed by atoms with E-state index in [2.05, 4.69) is 6.58 Å². The number of aliphatic carboxylic acids is 1. The van der Waals surface area contributed by atoms with E-state index in [1.807, 2.05) is 0 Å². The summed E-state index contributed by atoms with van der Waals surface area (Å²) in [6, 6.07) is 0. The van der Waals surface area contributed by atoms with Crippen molar-refractivity contribution in [2.24, 2.45) is 0 Å². The lowest BCUT2D eigenvalue weighted by Gasteiger charge is -2.09. The Morgan fingerprint density at radius 2 is 2.00 bits per heavy atom. The molecule has 0 fully saturated rings. The number of carboxylic acid groups (broad SMARTS) is 1. The van der Waals surface area contributed by atoms with Gasteiger partial charge in [-0.3, -0.25) is 0 Å². The van der Waals surface area contributed by atoms with Crippen LogP contribution in [-0.2, 0) is 14.3 Å². The molecule has 0 aliphatic rings. The van der Waals surface area contributed by atoms with Gasteiger partial charge in [0.15, 0.2) is 0 Å². The van der Waals surface area contributed by atoms with E-state index in [1.54, 1.807) is 0 Å². The molecular weight excluding hydrogens is 212 g/mol. The van der Waals surface area contributed by atoms with Gasteiger partial charge in [0.25, 0.3) is 0 Å². The minimum Gasteiger partial charge on any atom is -0.478 e. The Morgan fingerprint density at radius 1 is 1.44 bits per heavy atom. The predicted octanol–water partition coefficient (Wildman–Crippen LogP) is 0.888. The Bertz CT molecular complexity index is 316. The van der Waals surface area contributed by atoms with Gasteiger partial charge in [-0.25, -0.2) is 9.59 Å². The molecule has 0 aromatic rings. The van der Waals surface area contributed by atoms with Crippen molar-refractivity contribution in [1.29, 1.82) is 0 Å². The largest absolute Gasteiger partial charge is 0.478 e. The number of aliphatic hydroxyl groups excluding tert-OH is 1. The highest BCUT2D eigenvalue weighted by Gasteiger charge is 2.09. The van der Waals surface area contributed by atoms with E-state index >= 15 is 0 Å². The molecule has 0 spiro atoms. The second kappa shape index (κ2) is 6.79. The molecule has 0 aliphatic carbocycles. The fourth-order valence-electron chi connectivity index (χ4n) is 0.763. The molecule has 0 radical (unpaired) electrons. The number of aliphatic hydroxyl groups is 1. The molecule has 5 heteroatoms. The third-order valence-corrected chi connectivity index (χ3v) is 1.79. The second-order valence-electron chi connectivity index (χ2n) is 3.46. The highest BCUT2D eigenvalue weighted by Crippen LogP contribution is 2.01. The van der Waals surface area contributed by atoms with Gasteiger partial charge in [0.1, 0.15) is 6.61 Å². The zero-order chi connectivity index (χ0) is 12.7. The van der Waals surface area contributed by atoms with Crippen molar-refractivity contribution in [3.63, 3.8) is 0 Å². The lowest BCUT2D eigenvalue weighted by molar-refractivity contribution is -0.141. The molecule has 0 heterocycles. The van der Waals surface area contributed by atoms with Gasteiger partial charge >= 0.3 is 11.9 Å². The summed E-state index contributed by atoms with van der Waals surface area (Å²) in [5.41, 5.74) is 0.398. The fraction of sp³-hybridized carbons (Fsp3) is 0.455. The maximum Gasteiger partial charge on any atom is 0.333 e. The number of rotatable bonds is 6. The number of hydrogen-bond acceptors (Lipinski definition) is 4. The monoisotopic (exact) mass is 228 g/mol. The van der Waals surface area contributed by atoms with E-state index in [9.17, 15) is 14.7 Å². The van der Waals surface area contributed by atoms with Crippen molar-refractivity contribution < 1.29 is 24.5 Å². The first-order chi connectivity index (χ1) is 7.34. The molecule has 0 amide bonds. The van der Waals surface area contributed by atoms with E-state index in [0.29, 0.717) is 0 Å². The standard InChI is InChI=1S/C11H16O5/c1-7(2)11(15)16-6-9(12)5-4-8(3)10(13)14/h4,9,12H,1,5-6H2,2-3H3,(H,13,14)/b8-4+. The molecule has 0 saturated carbocycles. The third-order valence-electron chi connectivity index (χ3n) is 1.79. The van der Waals surface area contributed by atoms with E-state index in [-0.39, 0.29) is 24.2 Å². The highest BCUT2D eigenvalue weighted by molar-refractivity contribution is 5.87. The van der Waals surface area contributed by atoms with Crippen LogP contribution in [-0.4, -0.2) is 34.9 Å². The highest BCUT2D eigenvalue weighted by atomic mass is 16.5. The number of carbonyl (C=O) groups is 2. The molecule has 0 rings (SSSR count). The molecular formula is C11H16O5.